The molecule has 0 N–H and O–H groups in total. The van der Waals surface area contributed by atoms with Crippen LogP contribution in [0.1, 0.15) is 13.3 Å². The van der Waals surface area contributed by atoms with Gasteiger partial charge in [-0.2, -0.15) is 0 Å². The van der Waals surface area contributed by atoms with Crippen LogP contribution in [0.2, 0.25) is 0 Å². The number of carbonyl (C=O) groups is 1. The van der Waals surface area contributed by atoms with Crippen LogP contribution in [-0.2, 0) is 14.3 Å². The van der Waals surface area contributed by atoms with Crippen LogP contribution in [0.25, 0.3) is 0 Å². The Balaban J connectivity index is 2.44. The minimum Gasteiger partial charge on any atom is -0.463 e. The van der Waals surface area contributed by atoms with Crippen LogP contribution in [0, 0.1) is 0 Å². The molecule has 0 bridgehead atoms. The first-order valence-corrected chi connectivity index (χ1v) is 3.78. The summed E-state index contributed by atoms with van der Waals surface area (Å²) in [5.74, 6) is -0.243. The molecule has 1 rings (SSSR count). The number of esters is 1. The molecule has 0 aromatic rings. The van der Waals surface area contributed by atoms with E-state index >= 15 is 0 Å². The highest BCUT2D eigenvalue weighted by Crippen LogP contribution is 2.06. The summed E-state index contributed by atoms with van der Waals surface area (Å²) in [4.78, 5) is 11.0. The van der Waals surface area contributed by atoms with Gasteiger partial charge in [-0.25, -0.2) is 4.79 Å². The van der Waals surface area contributed by atoms with Gasteiger partial charge in [0.1, 0.15) is 0 Å². The molecular formula is C8H12O3. The van der Waals surface area contributed by atoms with Crippen molar-refractivity contribution >= 4 is 5.97 Å². The average molecular weight is 156 g/mol. The van der Waals surface area contributed by atoms with E-state index in [1.807, 2.05) is 6.08 Å². The first kappa shape index (κ1) is 8.27. The molecular weight excluding hydrogens is 144 g/mol. The predicted molar refractivity (Wildman–Crippen MR) is 40.2 cm³/mol. The largest absolute Gasteiger partial charge is 0.463 e. The molecule has 1 heterocycles. The standard InChI is InChI=1S/C8H12O3/c1-2-11-8(9)7-4-3-5-10-6-7/h4H,2-3,5-6H2,1H3. The second-order valence-electron chi connectivity index (χ2n) is 2.29. The third-order valence-electron chi connectivity index (χ3n) is 1.45. The summed E-state index contributed by atoms with van der Waals surface area (Å²) in [6, 6.07) is 0. The number of carbonyl (C=O) groups excluding carboxylic acids is 1. The van der Waals surface area contributed by atoms with E-state index in [1.165, 1.54) is 0 Å². The van der Waals surface area contributed by atoms with Crippen molar-refractivity contribution in [1.82, 2.24) is 0 Å². The van der Waals surface area contributed by atoms with E-state index < -0.39 is 0 Å². The highest BCUT2D eigenvalue weighted by molar-refractivity contribution is 5.88. The first-order valence-electron chi connectivity index (χ1n) is 3.78. The SMILES string of the molecule is CCOC(=O)C1=CCCOC1. The minimum atomic E-state index is -0.243. The first-order chi connectivity index (χ1) is 5.34. The van der Waals surface area contributed by atoms with Gasteiger partial charge in [-0.05, 0) is 13.3 Å². The Labute approximate surface area is 66.0 Å². The lowest BCUT2D eigenvalue weighted by Gasteiger charge is -2.11. The fraction of sp³-hybridized carbons (Fsp3) is 0.625. The van der Waals surface area contributed by atoms with Crippen molar-refractivity contribution in [3.8, 4) is 0 Å². The van der Waals surface area contributed by atoms with E-state index in [4.69, 9.17) is 9.47 Å². The van der Waals surface area contributed by atoms with E-state index in [1.54, 1.807) is 6.92 Å². The lowest BCUT2D eigenvalue weighted by molar-refractivity contribution is -0.139. The predicted octanol–water partition coefficient (Wildman–Crippen LogP) is 0.896. The molecule has 0 radical (unpaired) electrons. The van der Waals surface area contributed by atoms with Crippen molar-refractivity contribution in [2.75, 3.05) is 19.8 Å². The fourth-order valence-corrected chi connectivity index (χ4v) is 0.924. The zero-order valence-electron chi connectivity index (χ0n) is 6.63. The highest BCUT2D eigenvalue weighted by Gasteiger charge is 2.12. The molecule has 3 heteroatoms. The Morgan fingerprint density at radius 3 is 3.18 bits per heavy atom. The summed E-state index contributed by atoms with van der Waals surface area (Å²) in [6.45, 7) is 3.33. The quantitative estimate of drug-likeness (QED) is 0.557. The molecule has 0 spiro atoms. The van der Waals surface area contributed by atoms with Crippen molar-refractivity contribution in [2.24, 2.45) is 0 Å². The van der Waals surface area contributed by atoms with E-state index in [2.05, 4.69) is 0 Å². The smallest absolute Gasteiger partial charge is 0.336 e. The third-order valence-corrected chi connectivity index (χ3v) is 1.45. The molecule has 0 aromatic carbocycles. The summed E-state index contributed by atoms with van der Waals surface area (Å²) in [6.07, 6.45) is 2.69. The van der Waals surface area contributed by atoms with Gasteiger partial charge in [0, 0.05) is 0 Å². The molecule has 0 saturated heterocycles. The third kappa shape index (κ3) is 2.35. The molecule has 1 aliphatic heterocycles. The maximum atomic E-state index is 11.0. The Kier molecular flexibility index (Phi) is 3.11. The average Bonchev–Trinajstić information content (AvgIpc) is 2.07. The highest BCUT2D eigenvalue weighted by atomic mass is 16.5. The second kappa shape index (κ2) is 4.13. The summed E-state index contributed by atoms with van der Waals surface area (Å²) >= 11 is 0. The van der Waals surface area contributed by atoms with Gasteiger partial charge in [-0.1, -0.05) is 6.08 Å². The molecule has 0 aliphatic carbocycles. The van der Waals surface area contributed by atoms with E-state index in [-0.39, 0.29) is 5.97 Å². The van der Waals surface area contributed by atoms with Crippen molar-refractivity contribution < 1.29 is 14.3 Å². The van der Waals surface area contributed by atoms with Gasteiger partial charge in [0.2, 0.25) is 0 Å². The van der Waals surface area contributed by atoms with Gasteiger partial charge in [0.15, 0.2) is 0 Å². The number of rotatable bonds is 2. The monoisotopic (exact) mass is 156 g/mol. The summed E-state index contributed by atoms with van der Waals surface area (Å²) in [7, 11) is 0. The molecule has 0 amide bonds. The van der Waals surface area contributed by atoms with Crippen molar-refractivity contribution in [3.63, 3.8) is 0 Å². The normalized spacial score (nSPS) is 17.4. The lowest BCUT2D eigenvalue weighted by Crippen LogP contribution is -2.16. The number of hydrogen-bond donors (Lipinski definition) is 0. The van der Waals surface area contributed by atoms with Crippen molar-refractivity contribution in [1.29, 1.82) is 0 Å². The molecule has 0 atom stereocenters. The van der Waals surface area contributed by atoms with Gasteiger partial charge >= 0.3 is 5.97 Å². The van der Waals surface area contributed by atoms with Crippen LogP contribution in [0.4, 0.5) is 0 Å². The van der Waals surface area contributed by atoms with Gasteiger partial charge in [-0.3, -0.25) is 0 Å². The number of hydrogen-bond acceptors (Lipinski definition) is 3. The van der Waals surface area contributed by atoms with Crippen LogP contribution >= 0.6 is 0 Å². The number of ether oxygens (including phenoxy) is 2. The summed E-state index contributed by atoms with van der Waals surface area (Å²) in [5.41, 5.74) is 0.651. The topological polar surface area (TPSA) is 35.5 Å². The molecule has 0 unspecified atom stereocenters. The molecule has 62 valence electrons. The van der Waals surface area contributed by atoms with Gasteiger partial charge in [0.25, 0.3) is 0 Å². The molecule has 0 aromatic heterocycles. The van der Waals surface area contributed by atoms with Crippen molar-refractivity contribution in [3.05, 3.63) is 11.6 Å². The second-order valence-corrected chi connectivity index (χ2v) is 2.29. The van der Waals surface area contributed by atoms with Crippen LogP contribution in [-0.4, -0.2) is 25.8 Å². The zero-order chi connectivity index (χ0) is 8.10. The minimum absolute atomic E-state index is 0.243. The van der Waals surface area contributed by atoms with Crippen LogP contribution in [0.5, 0.6) is 0 Å². The van der Waals surface area contributed by atoms with Crippen LogP contribution < -0.4 is 0 Å². The van der Waals surface area contributed by atoms with Gasteiger partial charge < -0.3 is 9.47 Å². The van der Waals surface area contributed by atoms with E-state index in [0.717, 1.165) is 6.42 Å². The molecule has 11 heavy (non-hydrogen) atoms. The van der Waals surface area contributed by atoms with Crippen LogP contribution in [0.15, 0.2) is 11.6 Å². The zero-order valence-corrected chi connectivity index (χ0v) is 6.63. The summed E-state index contributed by atoms with van der Waals surface area (Å²) < 4.78 is 9.87. The fourth-order valence-electron chi connectivity index (χ4n) is 0.924. The Morgan fingerprint density at radius 2 is 2.64 bits per heavy atom. The molecule has 3 nitrogen and oxygen atoms in total. The molecule has 0 saturated carbocycles. The van der Waals surface area contributed by atoms with Crippen molar-refractivity contribution in [2.45, 2.75) is 13.3 Å². The lowest BCUT2D eigenvalue weighted by atomic mass is 10.2. The maximum absolute atomic E-state index is 11.0. The van der Waals surface area contributed by atoms with E-state index in [9.17, 15) is 4.79 Å². The Bertz CT molecular complexity index is 172. The Morgan fingerprint density at radius 1 is 1.82 bits per heavy atom. The van der Waals surface area contributed by atoms with E-state index in [0.29, 0.717) is 25.4 Å². The summed E-state index contributed by atoms with van der Waals surface area (Å²) in [5, 5.41) is 0. The molecule has 1 aliphatic rings. The molecule has 0 fully saturated rings. The van der Waals surface area contributed by atoms with Gasteiger partial charge in [0.05, 0.1) is 25.4 Å². The maximum Gasteiger partial charge on any atom is 0.336 e. The Hall–Kier alpha value is -0.830. The van der Waals surface area contributed by atoms with Gasteiger partial charge in [-0.15, -0.1) is 0 Å². The van der Waals surface area contributed by atoms with Crippen LogP contribution in [0.3, 0.4) is 0 Å².